The molecular weight excluding hydrogens is 294 g/mol. The molecule has 0 atom stereocenters. The van der Waals surface area contributed by atoms with Gasteiger partial charge in [-0.1, -0.05) is 54.1 Å². The zero-order chi connectivity index (χ0) is 15.2. The number of hydrogen-bond donors (Lipinski definition) is 0. The van der Waals surface area contributed by atoms with Gasteiger partial charge in [0, 0.05) is 17.4 Å². The van der Waals surface area contributed by atoms with Crippen molar-refractivity contribution in [2.24, 2.45) is 0 Å². The Bertz CT molecular complexity index is 726. The van der Waals surface area contributed by atoms with E-state index >= 15 is 0 Å². The standard InChI is InChI=1S/C19H16ClNO/c20-19-5-1-4-18(11-19)17-8-6-15(7-9-17)13-22-14-16-3-2-10-21-12-16/h1-12H,13-14H2. The first-order valence-corrected chi connectivity index (χ1v) is 7.50. The number of nitrogens with zero attached hydrogens (tertiary/aromatic N) is 1. The molecule has 3 aromatic rings. The Morgan fingerprint density at radius 2 is 1.64 bits per heavy atom. The van der Waals surface area contributed by atoms with Crippen molar-refractivity contribution in [3.8, 4) is 11.1 Å². The van der Waals surface area contributed by atoms with Crippen LogP contribution in [0.5, 0.6) is 0 Å². The quantitative estimate of drug-likeness (QED) is 0.652. The Hall–Kier alpha value is -2.16. The van der Waals surface area contributed by atoms with Crippen molar-refractivity contribution in [2.75, 3.05) is 0 Å². The summed E-state index contributed by atoms with van der Waals surface area (Å²) in [6.07, 6.45) is 3.58. The van der Waals surface area contributed by atoms with Crippen molar-refractivity contribution in [1.29, 1.82) is 0 Å². The summed E-state index contributed by atoms with van der Waals surface area (Å²) in [5, 5.41) is 0.751. The molecule has 0 N–H and O–H groups in total. The highest BCUT2D eigenvalue weighted by atomic mass is 35.5. The van der Waals surface area contributed by atoms with E-state index in [0.717, 1.165) is 27.3 Å². The fourth-order valence-corrected chi connectivity index (χ4v) is 2.42. The van der Waals surface area contributed by atoms with E-state index < -0.39 is 0 Å². The van der Waals surface area contributed by atoms with Gasteiger partial charge in [0.05, 0.1) is 13.2 Å². The molecule has 22 heavy (non-hydrogen) atoms. The van der Waals surface area contributed by atoms with Crippen molar-refractivity contribution in [1.82, 2.24) is 4.98 Å². The normalized spacial score (nSPS) is 10.6. The monoisotopic (exact) mass is 309 g/mol. The summed E-state index contributed by atoms with van der Waals surface area (Å²) in [6, 6.07) is 20.1. The van der Waals surface area contributed by atoms with Crippen LogP contribution in [0.1, 0.15) is 11.1 Å². The minimum atomic E-state index is 0.573. The Morgan fingerprint density at radius 3 is 2.36 bits per heavy atom. The zero-order valence-electron chi connectivity index (χ0n) is 12.1. The fraction of sp³-hybridized carbons (Fsp3) is 0.105. The van der Waals surface area contributed by atoms with E-state index in [1.807, 2.05) is 36.5 Å². The number of hydrogen-bond acceptors (Lipinski definition) is 2. The van der Waals surface area contributed by atoms with Gasteiger partial charge in [0.2, 0.25) is 0 Å². The zero-order valence-corrected chi connectivity index (χ0v) is 12.8. The lowest BCUT2D eigenvalue weighted by Crippen LogP contribution is -1.94. The van der Waals surface area contributed by atoms with Gasteiger partial charge in [-0.05, 0) is 40.5 Å². The first-order valence-electron chi connectivity index (χ1n) is 7.13. The van der Waals surface area contributed by atoms with E-state index in [2.05, 4.69) is 35.3 Å². The molecule has 0 amide bonds. The Kier molecular flexibility index (Phi) is 4.84. The number of aromatic nitrogens is 1. The van der Waals surface area contributed by atoms with Crippen molar-refractivity contribution in [2.45, 2.75) is 13.2 Å². The smallest absolute Gasteiger partial charge is 0.0736 e. The Balaban J connectivity index is 1.60. The van der Waals surface area contributed by atoms with Crippen LogP contribution >= 0.6 is 11.6 Å². The van der Waals surface area contributed by atoms with Crippen LogP contribution in [0.2, 0.25) is 5.02 Å². The van der Waals surface area contributed by atoms with E-state index in [4.69, 9.17) is 16.3 Å². The van der Waals surface area contributed by atoms with Crippen LogP contribution < -0.4 is 0 Å². The molecule has 1 heterocycles. The van der Waals surface area contributed by atoms with Crippen LogP contribution in [0, 0.1) is 0 Å². The molecule has 0 saturated carbocycles. The highest BCUT2D eigenvalue weighted by Gasteiger charge is 2.00. The third kappa shape index (κ3) is 3.94. The molecule has 3 rings (SSSR count). The molecule has 2 nitrogen and oxygen atoms in total. The molecule has 110 valence electrons. The topological polar surface area (TPSA) is 22.1 Å². The average Bonchev–Trinajstić information content (AvgIpc) is 2.56. The van der Waals surface area contributed by atoms with Crippen LogP contribution in [0.4, 0.5) is 0 Å². The lowest BCUT2D eigenvalue weighted by Gasteiger charge is -2.06. The number of benzene rings is 2. The second kappa shape index (κ2) is 7.21. The summed E-state index contributed by atoms with van der Waals surface area (Å²) in [6.45, 7) is 1.16. The van der Waals surface area contributed by atoms with Crippen molar-refractivity contribution in [3.63, 3.8) is 0 Å². The third-order valence-corrected chi connectivity index (χ3v) is 3.61. The van der Waals surface area contributed by atoms with Crippen molar-refractivity contribution >= 4 is 11.6 Å². The van der Waals surface area contributed by atoms with E-state index in [-0.39, 0.29) is 0 Å². The van der Waals surface area contributed by atoms with Crippen molar-refractivity contribution < 1.29 is 4.74 Å². The second-order valence-electron chi connectivity index (χ2n) is 5.06. The van der Waals surface area contributed by atoms with E-state index in [0.29, 0.717) is 13.2 Å². The van der Waals surface area contributed by atoms with E-state index in [1.54, 1.807) is 6.20 Å². The molecule has 0 bridgehead atoms. The Morgan fingerprint density at radius 1 is 0.818 bits per heavy atom. The summed E-state index contributed by atoms with van der Waals surface area (Å²) < 4.78 is 5.71. The first kappa shape index (κ1) is 14.8. The maximum Gasteiger partial charge on any atom is 0.0736 e. The molecule has 0 saturated heterocycles. The molecule has 2 aromatic carbocycles. The van der Waals surface area contributed by atoms with Gasteiger partial charge in [-0.2, -0.15) is 0 Å². The van der Waals surface area contributed by atoms with Gasteiger partial charge < -0.3 is 4.74 Å². The molecule has 0 aliphatic rings. The summed E-state index contributed by atoms with van der Waals surface area (Å²) in [7, 11) is 0. The largest absolute Gasteiger partial charge is 0.372 e. The molecule has 0 radical (unpaired) electrons. The van der Waals surface area contributed by atoms with Gasteiger partial charge in [-0.15, -0.1) is 0 Å². The number of rotatable bonds is 5. The van der Waals surface area contributed by atoms with Gasteiger partial charge >= 0.3 is 0 Å². The minimum absolute atomic E-state index is 0.573. The molecule has 1 aromatic heterocycles. The lowest BCUT2D eigenvalue weighted by molar-refractivity contribution is 0.107. The molecular formula is C19H16ClNO. The summed E-state index contributed by atoms with van der Waals surface area (Å²) in [5.74, 6) is 0. The number of pyridine rings is 1. The highest BCUT2D eigenvalue weighted by molar-refractivity contribution is 6.30. The van der Waals surface area contributed by atoms with Gasteiger partial charge in [0.25, 0.3) is 0 Å². The molecule has 3 heteroatoms. The molecule has 0 aliphatic carbocycles. The lowest BCUT2D eigenvalue weighted by atomic mass is 10.0. The highest BCUT2D eigenvalue weighted by Crippen LogP contribution is 2.23. The Labute approximate surface area is 135 Å². The van der Waals surface area contributed by atoms with E-state index in [1.165, 1.54) is 0 Å². The molecule has 0 spiro atoms. The maximum absolute atomic E-state index is 6.03. The maximum atomic E-state index is 6.03. The first-order chi connectivity index (χ1) is 10.8. The molecule has 0 unspecified atom stereocenters. The summed E-state index contributed by atoms with van der Waals surface area (Å²) in [4.78, 5) is 4.07. The van der Waals surface area contributed by atoms with Gasteiger partial charge in [-0.25, -0.2) is 0 Å². The average molecular weight is 310 g/mol. The third-order valence-electron chi connectivity index (χ3n) is 3.37. The predicted molar refractivity (Wildman–Crippen MR) is 89.6 cm³/mol. The minimum Gasteiger partial charge on any atom is -0.372 e. The van der Waals surface area contributed by atoms with Crippen LogP contribution in [0.3, 0.4) is 0 Å². The second-order valence-corrected chi connectivity index (χ2v) is 5.50. The van der Waals surface area contributed by atoms with Crippen molar-refractivity contribution in [3.05, 3.63) is 89.2 Å². The summed E-state index contributed by atoms with van der Waals surface area (Å²) >= 11 is 6.03. The van der Waals surface area contributed by atoms with Gasteiger partial charge in [0.15, 0.2) is 0 Å². The predicted octanol–water partition coefficient (Wildman–Crippen LogP) is 5.12. The van der Waals surface area contributed by atoms with Gasteiger partial charge in [0.1, 0.15) is 0 Å². The number of halogens is 1. The number of ether oxygens (including phenoxy) is 1. The molecule has 0 fully saturated rings. The molecule has 0 aliphatic heterocycles. The van der Waals surface area contributed by atoms with Crippen LogP contribution in [0.15, 0.2) is 73.1 Å². The van der Waals surface area contributed by atoms with Crippen LogP contribution in [-0.4, -0.2) is 4.98 Å². The van der Waals surface area contributed by atoms with Gasteiger partial charge in [-0.3, -0.25) is 4.98 Å². The SMILES string of the molecule is Clc1cccc(-c2ccc(COCc3cccnc3)cc2)c1. The van der Waals surface area contributed by atoms with Crippen LogP contribution in [0.25, 0.3) is 11.1 Å². The summed E-state index contributed by atoms with van der Waals surface area (Å²) in [5.41, 5.74) is 4.50. The van der Waals surface area contributed by atoms with Crippen LogP contribution in [-0.2, 0) is 18.0 Å². The fourth-order valence-electron chi connectivity index (χ4n) is 2.23. The van der Waals surface area contributed by atoms with E-state index in [9.17, 15) is 0 Å².